The lowest BCUT2D eigenvalue weighted by Gasteiger charge is -2.06. The van der Waals surface area contributed by atoms with Gasteiger partial charge in [0.25, 0.3) is 11.8 Å². The number of aromatic nitrogens is 6. The van der Waals surface area contributed by atoms with E-state index in [9.17, 15) is 28.8 Å². The van der Waals surface area contributed by atoms with E-state index in [1.165, 1.54) is 0 Å². The van der Waals surface area contributed by atoms with Gasteiger partial charge in [0, 0.05) is 22.5 Å². The summed E-state index contributed by atoms with van der Waals surface area (Å²) in [6.07, 6.45) is -1.25. The molecule has 7 rings (SSSR count). The summed E-state index contributed by atoms with van der Waals surface area (Å²) in [6, 6.07) is 17.3. The lowest BCUT2D eigenvalue weighted by atomic mass is 10.1. The molecule has 0 saturated heterocycles. The molecule has 62 heavy (non-hydrogen) atoms. The van der Waals surface area contributed by atoms with Crippen LogP contribution in [-0.4, -0.2) is 65.3 Å². The van der Waals surface area contributed by atoms with Crippen molar-refractivity contribution < 1.29 is 37.6 Å². The Balaban J connectivity index is 0.913. The number of Topliss-reactive ketones (excluding diaryl/α,β-unsaturated/α-hetero) is 4. The van der Waals surface area contributed by atoms with Gasteiger partial charge < -0.3 is 19.5 Å². The third-order valence-corrected chi connectivity index (χ3v) is 11.7. The molecule has 4 aromatic heterocycles. The molecule has 3 aromatic carbocycles. The zero-order valence-electron chi connectivity index (χ0n) is 34.0. The van der Waals surface area contributed by atoms with E-state index in [0.717, 1.165) is 44.9 Å². The molecule has 0 spiro atoms. The van der Waals surface area contributed by atoms with Crippen molar-refractivity contribution in [3.63, 3.8) is 0 Å². The van der Waals surface area contributed by atoms with Crippen LogP contribution in [0, 0.1) is 41.5 Å². The van der Waals surface area contributed by atoms with Crippen LogP contribution in [0.25, 0.3) is 22.9 Å². The third kappa shape index (κ3) is 9.88. The van der Waals surface area contributed by atoms with E-state index < -0.39 is 47.8 Å². The summed E-state index contributed by atoms with van der Waals surface area (Å²) in [5, 5.41) is 27.6. The molecule has 0 radical (unpaired) electrons. The predicted molar refractivity (Wildman–Crippen MR) is 230 cm³/mol. The number of nitrogens with zero attached hydrogens (tertiary/aromatic N) is 6. The van der Waals surface area contributed by atoms with Crippen LogP contribution in [0.2, 0.25) is 0 Å². The van der Waals surface area contributed by atoms with E-state index in [-0.39, 0.29) is 43.8 Å². The number of hydrogen-bond acceptors (Lipinski definition) is 18. The van der Waals surface area contributed by atoms with E-state index in [2.05, 4.69) is 51.6 Å². The van der Waals surface area contributed by atoms with Gasteiger partial charge in [0.15, 0.2) is 21.8 Å². The average Bonchev–Trinajstić information content (AvgIpc) is 4.05. The van der Waals surface area contributed by atoms with Crippen LogP contribution in [0.5, 0.6) is 0 Å². The van der Waals surface area contributed by atoms with Gasteiger partial charge in [-0.15, -0.1) is 10.2 Å². The Morgan fingerprint density at radius 3 is 1.27 bits per heavy atom. The van der Waals surface area contributed by atoms with Gasteiger partial charge in [0.1, 0.15) is 0 Å². The molecule has 20 heteroatoms. The molecule has 2 amide bonds. The number of anilines is 6. The first kappa shape index (κ1) is 42.5. The van der Waals surface area contributed by atoms with Crippen LogP contribution < -0.4 is 21.3 Å². The van der Waals surface area contributed by atoms with Crippen LogP contribution in [-0.2, 0) is 19.2 Å². The minimum absolute atomic E-state index is 0.000781. The van der Waals surface area contributed by atoms with Crippen molar-refractivity contribution in [2.75, 3.05) is 21.3 Å². The number of nitrogens with one attached hydrogen (secondary N) is 4. The highest BCUT2D eigenvalue weighted by Gasteiger charge is 2.25. The molecule has 0 aliphatic carbocycles. The zero-order chi connectivity index (χ0) is 44.2. The van der Waals surface area contributed by atoms with Crippen LogP contribution >= 0.6 is 22.7 Å². The van der Waals surface area contributed by atoms with Gasteiger partial charge in [-0.1, -0.05) is 45.0 Å². The Bertz CT molecular complexity index is 2720. The number of benzene rings is 3. The second-order valence-corrected chi connectivity index (χ2v) is 16.1. The number of hydrogen-bond donors (Lipinski definition) is 4. The van der Waals surface area contributed by atoms with Crippen molar-refractivity contribution in [3.05, 3.63) is 104 Å². The summed E-state index contributed by atoms with van der Waals surface area (Å²) in [6.45, 7) is 10.9. The molecule has 314 valence electrons. The fourth-order valence-corrected chi connectivity index (χ4v) is 7.58. The minimum atomic E-state index is -0.884. The first-order valence-corrected chi connectivity index (χ1v) is 20.4. The summed E-state index contributed by atoms with van der Waals surface area (Å²) in [5.74, 6) is -4.28. The maximum absolute atomic E-state index is 13.0. The minimum Gasteiger partial charge on any atom is -0.403 e. The van der Waals surface area contributed by atoms with Gasteiger partial charge in [-0.25, -0.2) is 9.97 Å². The summed E-state index contributed by atoms with van der Waals surface area (Å²) in [5.41, 5.74) is 6.76. The number of rotatable bonds is 16. The van der Waals surface area contributed by atoms with E-state index in [0.29, 0.717) is 33.9 Å². The van der Waals surface area contributed by atoms with Crippen LogP contribution in [0.4, 0.5) is 33.7 Å². The number of aryl methyl sites for hydroxylation is 6. The topological polar surface area (TPSA) is 254 Å². The summed E-state index contributed by atoms with van der Waals surface area (Å²) in [7, 11) is 0. The Hall–Kier alpha value is -7.58. The molecule has 0 fully saturated rings. The second kappa shape index (κ2) is 18.0. The van der Waals surface area contributed by atoms with Gasteiger partial charge >= 0.3 is 12.0 Å². The molecule has 0 unspecified atom stereocenters. The van der Waals surface area contributed by atoms with Gasteiger partial charge in [-0.3, -0.25) is 39.4 Å². The fraction of sp³-hybridized carbons (Fsp3) is 0.190. The van der Waals surface area contributed by atoms with Crippen molar-refractivity contribution in [2.45, 2.75) is 54.4 Å². The molecule has 4 N–H and O–H groups in total. The van der Waals surface area contributed by atoms with E-state index in [1.807, 2.05) is 39.8 Å². The van der Waals surface area contributed by atoms with Crippen molar-refractivity contribution in [3.8, 4) is 22.9 Å². The second-order valence-electron chi connectivity index (χ2n) is 14.1. The lowest BCUT2D eigenvalue weighted by Crippen LogP contribution is -2.25. The van der Waals surface area contributed by atoms with Crippen LogP contribution in [0.3, 0.4) is 0 Å². The smallest absolute Gasteiger partial charge is 0.322 e. The van der Waals surface area contributed by atoms with E-state index in [1.54, 1.807) is 62.4 Å². The Morgan fingerprint density at radius 2 is 0.903 bits per heavy atom. The first-order chi connectivity index (χ1) is 29.6. The summed E-state index contributed by atoms with van der Waals surface area (Å²) >= 11 is 1.96. The Morgan fingerprint density at radius 1 is 0.516 bits per heavy atom. The monoisotopic (exact) mass is 872 g/mol. The SMILES string of the molecule is Cc1ccc(NC(=O)C(=O)CC(=O)c2sc(Nc3nnc(-c4ccc(-c5nnc(Nc6nc(C)c(C(=O)CC(=O)C(=O)Nc7ccc(C)c(C)c7)s6)o5)cc4)o3)nc2C)cc1C. The Kier molecular flexibility index (Phi) is 12.3. The zero-order valence-corrected chi connectivity index (χ0v) is 35.6. The molecule has 0 saturated carbocycles. The van der Waals surface area contributed by atoms with Crippen molar-refractivity contribution >= 4 is 91.3 Å². The molecule has 4 heterocycles. The first-order valence-electron chi connectivity index (χ1n) is 18.8. The van der Waals surface area contributed by atoms with Gasteiger partial charge in [-0.2, -0.15) is 0 Å². The van der Waals surface area contributed by atoms with E-state index >= 15 is 0 Å². The molecular weight excluding hydrogens is 837 g/mol. The highest BCUT2D eigenvalue weighted by molar-refractivity contribution is 7.18. The largest absolute Gasteiger partial charge is 0.403 e. The molecule has 18 nitrogen and oxygen atoms in total. The molecule has 0 bridgehead atoms. The van der Waals surface area contributed by atoms with Crippen molar-refractivity contribution in [1.29, 1.82) is 0 Å². The maximum Gasteiger partial charge on any atom is 0.322 e. The normalized spacial score (nSPS) is 10.9. The van der Waals surface area contributed by atoms with Crippen molar-refractivity contribution in [2.24, 2.45) is 0 Å². The highest BCUT2D eigenvalue weighted by Crippen LogP contribution is 2.31. The van der Waals surface area contributed by atoms with Crippen molar-refractivity contribution in [1.82, 2.24) is 30.4 Å². The van der Waals surface area contributed by atoms with Gasteiger partial charge in [-0.05, 0) is 112 Å². The number of carbonyl (C=O) groups is 6. The fourth-order valence-electron chi connectivity index (χ4n) is 5.79. The Labute approximate surface area is 360 Å². The standard InChI is InChI=1S/C42H36N10O8S2/c1-19-7-13-27(15-21(19)3)45-35(57)31(55)17-29(53)33-23(5)43-41(61-33)47-39-51-49-37(59-39)25-9-11-26(12-10-25)38-50-52-40(60-38)48-42-44-24(6)34(62-42)30(54)18-32(56)36(58)46-28-14-8-20(2)22(4)16-28/h7-16H,17-18H2,1-6H3,(H,45,57)(H,46,58)(H,43,47,51)(H,44,48,52). The van der Waals surface area contributed by atoms with Gasteiger partial charge in [0.2, 0.25) is 23.3 Å². The van der Waals surface area contributed by atoms with Gasteiger partial charge in [0.05, 0.1) is 34.0 Å². The van der Waals surface area contributed by atoms with Crippen LogP contribution in [0.15, 0.2) is 69.5 Å². The average molecular weight is 873 g/mol. The number of amides is 2. The maximum atomic E-state index is 13.0. The quantitative estimate of drug-likeness (QED) is 0.0414. The molecular formula is C42H36N10O8S2. The molecule has 0 aliphatic heterocycles. The van der Waals surface area contributed by atoms with Crippen LogP contribution in [0.1, 0.15) is 65.8 Å². The summed E-state index contributed by atoms with van der Waals surface area (Å²) in [4.78, 5) is 85.2. The number of ketones is 4. The molecule has 7 aromatic rings. The predicted octanol–water partition coefficient (Wildman–Crippen LogP) is 7.60. The highest BCUT2D eigenvalue weighted by atomic mass is 32.1. The number of carbonyl (C=O) groups excluding carboxylic acids is 6. The summed E-state index contributed by atoms with van der Waals surface area (Å²) < 4.78 is 11.5. The molecule has 0 aliphatic rings. The number of thiazole rings is 2. The molecule has 0 atom stereocenters. The third-order valence-electron chi connectivity index (χ3n) is 9.43. The van der Waals surface area contributed by atoms with E-state index in [4.69, 9.17) is 8.83 Å². The lowest BCUT2D eigenvalue weighted by molar-refractivity contribution is -0.134.